The van der Waals surface area contributed by atoms with Gasteiger partial charge in [-0.25, -0.2) is 4.98 Å². The Bertz CT molecular complexity index is 371. The molecule has 1 aromatic heterocycles. The summed E-state index contributed by atoms with van der Waals surface area (Å²) in [4.78, 5) is 28.4. The van der Waals surface area contributed by atoms with E-state index in [1.165, 1.54) is 11.3 Å². The van der Waals surface area contributed by atoms with Gasteiger partial charge in [0.2, 0.25) is 5.91 Å². The van der Waals surface area contributed by atoms with Gasteiger partial charge in [0.05, 0.1) is 11.4 Å². The van der Waals surface area contributed by atoms with E-state index in [1.807, 2.05) is 0 Å². The summed E-state index contributed by atoms with van der Waals surface area (Å²) in [6.07, 6.45) is 0. The minimum absolute atomic E-state index is 0.00247. The Morgan fingerprint density at radius 2 is 2.33 bits per heavy atom. The van der Waals surface area contributed by atoms with Crippen molar-refractivity contribution in [1.82, 2.24) is 15.2 Å². The van der Waals surface area contributed by atoms with E-state index in [0.717, 1.165) is 0 Å². The fourth-order valence-electron chi connectivity index (χ4n) is 1.49. The Balaban J connectivity index is 1.90. The highest BCUT2D eigenvalue weighted by atomic mass is 32.1. The van der Waals surface area contributed by atoms with Gasteiger partial charge in [-0.1, -0.05) is 0 Å². The third-order valence-electron chi connectivity index (χ3n) is 2.44. The van der Waals surface area contributed by atoms with E-state index >= 15 is 0 Å². The molecule has 0 saturated carbocycles. The lowest BCUT2D eigenvalue weighted by Crippen LogP contribution is -2.55. The van der Waals surface area contributed by atoms with Gasteiger partial charge in [-0.2, -0.15) is 0 Å². The molecule has 2 amide bonds. The molecule has 6 heteroatoms. The summed E-state index contributed by atoms with van der Waals surface area (Å²) in [5, 5.41) is 4.29. The van der Waals surface area contributed by atoms with Crippen LogP contribution in [0.4, 0.5) is 0 Å². The van der Waals surface area contributed by atoms with E-state index in [1.54, 1.807) is 22.8 Å². The fraction of sp³-hybridized carbons (Fsp3) is 0.444. The van der Waals surface area contributed by atoms with E-state index in [4.69, 9.17) is 0 Å². The van der Waals surface area contributed by atoms with Crippen molar-refractivity contribution in [2.75, 3.05) is 20.1 Å². The minimum Gasteiger partial charge on any atom is -0.359 e. The predicted molar refractivity (Wildman–Crippen MR) is 55.6 cm³/mol. The van der Waals surface area contributed by atoms with Gasteiger partial charge in [0, 0.05) is 25.5 Å². The molecule has 2 rings (SSSR count). The third-order valence-corrected chi connectivity index (χ3v) is 3.02. The van der Waals surface area contributed by atoms with Crippen LogP contribution in [0.25, 0.3) is 0 Å². The molecule has 0 spiro atoms. The molecule has 0 aliphatic carbocycles. The molecule has 0 radical (unpaired) electrons. The Morgan fingerprint density at radius 3 is 2.87 bits per heavy atom. The van der Waals surface area contributed by atoms with Crippen molar-refractivity contribution in [3.05, 3.63) is 16.6 Å². The molecule has 1 N–H and O–H groups in total. The van der Waals surface area contributed by atoms with Gasteiger partial charge >= 0.3 is 0 Å². The van der Waals surface area contributed by atoms with Crippen LogP contribution in [0.15, 0.2) is 10.9 Å². The molecule has 1 aromatic rings. The van der Waals surface area contributed by atoms with Crippen molar-refractivity contribution < 1.29 is 9.59 Å². The number of hydrogen-bond acceptors (Lipinski definition) is 4. The lowest BCUT2D eigenvalue weighted by Gasteiger charge is -2.37. The molecular formula is C9H11N3O2S. The highest BCUT2D eigenvalue weighted by molar-refractivity contribution is 7.07. The van der Waals surface area contributed by atoms with Gasteiger partial charge in [0.25, 0.3) is 5.91 Å². The van der Waals surface area contributed by atoms with Crippen LogP contribution in [0, 0.1) is 5.92 Å². The molecule has 1 aliphatic rings. The molecule has 0 unspecified atom stereocenters. The van der Waals surface area contributed by atoms with Gasteiger partial charge in [-0.15, -0.1) is 11.3 Å². The highest BCUT2D eigenvalue weighted by Crippen LogP contribution is 2.18. The van der Waals surface area contributed by atoms with E-state index in [0.29, 0.717) is 18.8 Å². The van der Waals surface area contributed by atoms with Crippen LogP contribution >= 0.6 is 11.3 Å². The number of likely N-dealkylation sites (tertiary alicyclic amines) is 1. The molecule has 2 heterocycles. The van der Waals surface area contributed by atoms with Crippen LogP contribution in [0.1, 0.15) is 10.5 Å². The summed E-state index contributed by atoms with van der Waals surface area (Å²) >= 11 is 1.39. The summed E-state index contributed by atoms with van der Waals surface area (Å²) < 4.78 is 0. The summed E-state index contributed by atoms with van der Waals surface area (Å²) in [5.41, 5.74) is 2.10. The van der Waals surface area contributed by atoms with Crippen LogP contribution in [-0.2, 0) is 4.79 Å². The molecule has 1 fully saturated rings. The van der Waals surface area contributed by atoms with E-state index in [2.05, 4.69) is 10.3 Å². The number of nitrogens with zero attached hydrogens (tertiary/aromatic N) is 2. The number of carbonyl (C=O) groups is 2. The number of thiazole rings is 1. The number of nitrogens with one attached hydrogen (secondary N) is 1. The van der Waals surface area contributed by atoms with Crippen molar-refractivity contribution >= 4 is 23.2 Å². The molecule has 0 bridgehead atoms. The van der Waals surface area contributed by atoms with Crippen molar-refractivity contribution in [2.45, 2.75) is 0 Å². The first-order valence-electron chi connectivity index (χ1n) is 4.61. The maximum atomic E-state index is 11.7. The number of aromatic nitrogens is 1. The highest BCUT2D eigenvalue weighted by Gasteiger charge is 2.35. The van der Waals surface area contributed by atoms with Crippen molar-refractivity contribution in [2.24, 2.45) is 5.92 Å². The summed E-state index contributed by atoms with van der Waals surface area (Å²) in [7, 11) is 1.60. The smallest absolute Gasteiger partial charge is 0.273 e. The number of rotatable bonds is 2. The molecule has 1 saturated heterocycles. The second kappa shape index (κ2) is 3.98. The van der Waals surface area contributed by atoms with Crippen molar-refractivity contribution in [3.8, 4) is 0 Å². The lowest BCUT2D eigenvalue weighted by atomic mass is 9.99. The average molecular weight is 225 g/mol. The number of hydrogen-bond donors (Lipinski definition) is 1. The van der Waals surface area contributed by atoms with Gasteiger partial charge in [-0.3, -0.25) is 9.59 Å². The van der Waals surface area contributed by atoms with E-state index in [9.17, 15) is 9.59 Å². The SMILES string of the molecule is CNC(=O)C1CN(C(=O)c2cscn2)C1. The van der Waals surface area contributed by atoms with Crippen LogP contribution in [-0.4, -0.2) is 41.8 Å². The van der Waals surface area contributed by atoms with E-state index < -0.39 is 0 Å². The van der Waals surface area contributed by atoms with E-state index in [-0.39, 0.29) is 17.7 Å². The average Bonchev–Trinajstić information content (AvgIpc) is 2.67. The Labute approximate surface area is 91.1 Å². The first kappa shape index (κ1) is 10.1. The van der Waals surface area contributed by atoms with Gasteiger partial charge in [0.15, 0.2) is 0 Å². The largest absolute Gasteiger partial charge is 0.359 e. The lowest BCUT2D eigenvalue weighted by molar-refractivity contribution is -0.128. The minimum atomic E-state index is -0.0867. The normalized spacial score (nSPS) is 15.9. The number of amides is 2. The summed E-state index contributed by atoms with van der Waals surface area (Å²) in [5.74, 6) is -0.147. The predicted octanol–water partition coefficient (Wildman–Crippen LogP) is -0.0389. The van der Waals surface area contributed by atoms with Crippen LogP contribution in [0.2, 0.25) is 0 Å². The number of carbonyl (C=O) groups excluding carboxylic acids is 2. The maximum absolute atomic E-state index is 11.7. The van der Waals surface area contributed by atoms with Crippen LogP contribution < -0.4 is 5.32 Å². The zero-order valence-corrected chi connectivity index (χ0v) is 9.08. The van der Waals surface area contributed by atoms with Crippen molar-refractivity contribution in [3.63, 3.8) is 0 Å². The molecule has 0 aromatic carbocycles. The molecular weight excluding hydrogens is 214 g/mol. The topological polar surface area (TPSA) is 62.3 Å². The monoisotopic (exact) mass is 225 g/mol. The standard InChI is InChI=1S/C9H11N3O2S/c1-10-8(13)6-2-12(3-6)9(14)7-4-15-5-11-7/h4-6H,2-3H2,1H3,(H,10,13). The van der Waals surface area contributed by atoms with Crippen molar-refractivity contribution in [1.29, 1.82) is 0 Å². The summed E-state index contributed by atoms with van der Waals surface area (Å²) in [6, 6.07) is 0. The molecule has 5 nitrogen and oxygen atoms in total. The second-order valence-corrected chi connectivity index (χ2v) is 4.11. The quantitative estimate of drug-likeness (QED) is 0.768. The van der Waals surface area contributed by atoms with Gasteiger partial charge in [0.1, 0.15) is 5.69 Å². The summed E-state index contributed by atoms with van der Waals surface area (Å²) in [6.45, 7) is 0.992. The Morgan fingerprint density at radius 1 is 1.60 bits per heavy atom. The first-order chi connectivity index (χ1) is 7.22. The third kappa shape index (κ3) is 1.85. The Kier molecular flexibility index (Phi) is 2.68. The fourth-order valence-corrected chi connectivity index (χ4v) is 2.02. The van der Waals surface area contributed by atoms with Gasteiger partial charge in [-0.05, 0) is 0 Å². The first-order valence-corrected chi connectivity index (χ1v) is 5.55. The maximum Gasteiger partial charge on any atom is 0.273 e. The zero-order chi connectivity index (χ0) is 10.8. The Hall–Kier alpha value is -1.43. The molecule has 0 atom stereocenters. The molecule has 1 aliphatic heterocycles. The van der Waals surface area contributed by atoms with Gasteiger partial charge < -0.3 is 10.2 Å². The van der Waals surface area contributed by atoms with Crippen LogP contribution in [0.5, 0.6) is 0 Å². The second-order valence-electron chi connectivity index (χ2n) is 3.39. The van der Waals surface area contributed by atoms with Crippen LogP contribution in [0.3, 0.4) is 0 Å². The zero-order valence-electron chi connectivity index (χ0n) is 8.27. The molecule has 15 heavy (non-hydrogen) atoms. The molecule has 80 valence electrons.